The SMILES string of the molecule is COC(=O)NS(=O)(=O)c1ccc(NC(=O)[C@H](CC(C)C)n2ccc3c(F)cccc32)cc1.[HH].[HH].[HH]. The van der Waals surface area contributed by atoms with E-state index in [1.54, 1.807) is 33.7 Å². The van der Waals surface area contributed by atoms with Crippen molar-refractivity contribution in [3.05, 3.63) is 60.5 Å². The first-order valence-corrected chi connectivity index (χ1v) is 11.4. The topological polar surface area (TPSA) is 106 Å². The Labute approximate surface area is 189 Å². The summed E-state index contributed by atoms with van der Waals surface area (Å²) in [6, 6.07) is 11.1. The highest BCUT2D eigenvalue weighted by Gasteiger charge is 2.24. The van der Waals surface area contributed by atoms with Gasteiger partial charge < -0.3 is 14.6 Å². The lowest BCUT2D eigenvalue weighted by atomic mass is 10.0. The molecule has 2 aromatic carbocycles. The minimum Gasteiger partial charge on any atom is -0.452 e. The summed E-state index contributed by atoms with van der Waals surface area (Å²) in [6.07, 6.45) is 1.10. The summed E-state index contributed by atoms with van der Waals surface area (Å²) < 4.78 is 46.2. The van der Waals surface area contributed by atoms with E-state index in [0.29, 0.717) is 23.0 Å². The molecule has 10 heteroatoms. The van der Waals surface area contributed by atoms with E-state index in [1.807, 2.05) is 13.8 Å². The largest absolute Gasteiger partial charge is 0.452 e. The van der Waals surface area contributed by atoms with E-state index in [0.717, 1.165) is 7.11 Å². The molecular weight excluding hydrogens is 437 g/mol. The minimum atomic E-state index is -4.09. The number of halogens is 1. The highest BCUT2D eigenvalue weighted by molar-refractivity contribution is 7.90. The van der Waals surface area contributed by atoms with Crippen LogP contribution in [0.25, 0.3) is 10.9 Å². The average Bonchev–Trinajstić information content (AvgIpc) is 3.17. The van der Waals surface area contributed by atoms with Crippen molar-refractivity contribution in [2.24, 2.45) is 5.92 Å². The summed E-state index contributed by atoms with van der Waals surface area (Å²) in [5.74, 6) is -0.486. The Balaban J connectivity index is 0.00000385. The summed E-state index contributed by atoms with van der Waals surface area (Å²) >= 11 is 0. The molecule has 0 aliphatic carbocycles. The molecule has 176 valence electrons. The maximum atomic E-state index is 14.1. The number of nitrogens with one attached hydrogen (secondary N) is 2. The van der Waals surface area contributed by atoms with E-state index in [-0.39, 0.29) is 26.8 Å². The van der Waals surface area contributed by atoms with Crippen LogP contribution in [0.15, 0.2) is 59.6 Å². The van der Waals surface area contributed by atoms with Gasteiger partial charge >= 0.3 is 6.09 Å². The number of anilines is 1. The molecule has 0 aliphatic heterocycles. The molecule has 32 heavy (non-hydrogen) atoms. The van der Waals surface area contributed by atoms with Gasteiger partial charge in [-0.1, -0.05) is 19.9 Å². The first kappa shape index (κ1) is 23.3. The van der Waals surface area contributed by atoms with E-state index in [1.165, 1.54) is 30.3 Å². The van der Waals surface area contributed by atoms with Crippen molar-refractivity contribution in [2.45, 2.75) is 31.2 Å². The van der Waals surface area contributed by atoms with E-state index < -0.39 is 22.2 Å². The first-order valence-electron chi connectivity index (χ1n) is 9.89. The number of carbonyl (C=O) groups is 2. The number of carbonyl (C=O) groups excluding carboxylic acids is 2. The second kappa shape index (κ2) is 9.39. The second-order valence-electron chi connectivity index (χ2n) is 7.65. The van der Waals surface area contributed by atoms with E-state index in [9.17, 15) is 22.4 Å². The second-order valence-corrected chi connectivity index (χ2v) is 9.33. The van der Waals surface area contributed by atoms with Crippen LogP contribution < -0.4 is 10.0 Å². The lowest BCUT2D eigenvalue weighted by Gasteiger charge is -2.22. The molecule has 2 N–H and O–H groups in total. The number of nitrogens with zero attached hydrogens (tertiary/aromatic N) is 1. The van der Waals surface area contributed by atoms with Gasteiger partial charge in [0, 0.05) is 21.6 Å². The maximum Gasteiger partial charge on any atom is 0.420 e. The number of benzene rings is 2. The lowest BCUT2D eigenvalue weighted by molar-refractivity contribution is -0.119. The molecule has 0 spiro atoms. The molecule has 8 nitrogen and oxygen atoms in total. The highest BCUT2D eigenvalue weighted by Crippen LogP contribution is 2.27. The van der Waals surface area contributed by atoms with Crippen molar-refractivity contribution in [3.63, 3.8) is 0 Å². The van der Waals surface area contributed by atoms with Crippen molar-refractivity contribution in [3.8, 4) is 0 Å². The van der Waals surface area contributed by atoms with Crippen LogP contribution in [0.2, 0.25) is 0 Å². The average molecular weight is 468 g/mol. The number of methoxy groups -OCH3 is 1. The fourth-order valence-electron chi connectivity index (χ4n) is 3.37. The zero-order valence-corrected chi connectivity index (χ0v) is 18.6. The molecule has 0 saturated carbocycles. The van der Waals surface area contributed by atoms with E-state index in [4.69, 9.17) is 0 Å². The van der Waals surface area contributed by atoms with E-state index in [2.05, 4.69) is 10.1 Å². The molecule has 1 atom stereocenters. The van der Waals surface area contributed by atoms with Gasteiger partial charge in [0.05, 0.1) is 17.5 Å². The summed E-state index contributed by atoms with van der Waals surface area (Å²) in [5.41, 5.74) is 0.990. The quantitative estimate of drug-likeness (QED) is 0.520. The third-order valence-corrected chi connectivity index (χ3v) is 6.21. The molecule has 0 fully saturated rings. The fraction of sp³-hybridized carbons (Fsp3) is 0.273. The van der Waals surface area contributed by atoms with Crippen molar-refractivity contribution in [1.29, 1.82) is 0 Å². The van der Waals surface area contributed by atoms with Crippen molar-refractivity contribution < 1.29 is 31.4 Å². The van der Waals surface area contributed by atoms with Gasteiger partial charge in [-0.15, -0.1) is 0 Å². The molecular formula is C22H30FN3O5S. The molecule has 3 aromatic rings. The van der Waals surface area contributed by atoms with Crippen LogP contribution in [0, 0.1) is 11.7 Å². The summed E-state index contributed by atoms with van der Waals surface area (Å²) in [4.78, 5) is 24.2. The fourth-order valence-corrected chi connectivity index (χ4v) is 4.28. The summed E-state index contributed by atoms with van der Waals surface area (Å²) in [5, 5.41) is 3.22. The Hall–Kier alpha value is -3.40. The monoisotopic (exact) mass is 467 g/mol. The maximum absolute atomic E-state index is 14.1. The molecule has 3 rings (SSSR count). The third kappa shape index (κ3) is 5.08. The molecule has 0 unspecified atom stereocenters. The van der Waals surface area contributed by atoms with E-state index >= 15 is 0 Å². The van der Waals surface area contributed by atoms with Crippen LogP contribution in [0.3, 0.4) is 0 Å². The first-order chi connectivity index (χ1) is 15.1. The number of amides is 2. The third-order valence-electron chi connectivity index (χ3n) is 4.88. The van der Waals surface area contributed by atoms with Crippen LogP contribution in [-0.4, -0.2) is 32.1 Å². The lowest BCUT2D eigenvalue weighted by Crippen LogP contribution is -2.30. The van der Waals surface area contributed by atoms with Crippen molar-refractivity contribution >= 4 is 38.6 Å². The zero-order chi connectivity index (χ0) is 23.5. The molecule has 0 radical (unpaired) electrons. The number of hydrogen-bond acceptors (Lipinski definition) is 5. The number of aromatic nitrogens is 1. The summed E-state index contributed by atoms with van der Waals surface area (Å²) in [6.45, 7) is 3.97. The molecule has 0 aliphatic rings. The highest BCUT2D eigenvalue weighted by atomic mass is 32.2. The molecule has 1 aromatic heterocycles. The van der Waals surface area contributed by atoms with Gasteiger partial charge in [0.15, 0.2) is 0 Å². The van der Waals surface area contributed by atoms with Crippen molar-refractivity contribution in [1.82, 2.24) is 9.29 Å². The van der Waals surface area contributed by atoms with Crippen LogP contribution in [0.1, 0.15) is 30.6 Å². The Bertz CT molecular complexity index is 1250. The number of hydrogen-bond donors (Lipinski definition) is 2. The number of rotatable bonds is 7. The van der Waals surface area contributed by atoms with Crippen LogP contribution in [-0.2, 0) is 19.6 Å². The number of sulfonamides is 1. The van der Waals surface area contributed by atoms with Crippen molar-refractivity contribution in [2.75, 3.05) is 12.4 Å². The molecule has 1 heterocycles. The van der Waals surface area contributed by atoms with Gasteiger partial charge in [-0.2, -0.15) is 0 Å². The predicted molar refractivity (Wildman–Crippen MR) is 125 cm³/mol. The van der Waals surface area contributed by atoms with Gasteiger partial charge in [0.1, 0.15) is 11.9 Å². The van der Waals surface area contributed by atoms with Gasteiger partial charge in [0.25, 0.3) is 10.0 Å². The molecule has 0 saturated heterocycles. The molecule has 0 bridgehead atoms. The van der Waals surface area contributed by atoms with Crippen LogP contribution in [0.4, 0.5) is 14.9 Å². The number of ether oxygens (including phenoxy) is 1. The Morgan fingerprint density at radius 2 is 1.81 bits per heavy atom. The Morgan fingerprint density at radius 3 is 2.44 bits per heavy atom. The predicted octanol–water partition coefficient (Wildman–Crippen LogP) is 4.79. The Morgan fingerprint density at radius 1 is 1.12 bits per heavy atom. The van der Waals surface area contributed by atoms with Crippen LogP contribution in [0.5, 0.6) is 0 Å². The number of fused-ring (bicyclic) bond motifs is 1. The minimum absolute atomic E-state index is 0. The molecule has 2 amide bonds. The van der Waals surface area contributed by atoms with Gasteiger partial charge in [0.2, 0.25) is 5.91 Å². The smallest absolute Gasteiger partial charge is 0.420 e. The zero-order valence-electron chi connectivity index (χ0n) is 17.8. The van der Waals surface area contributed by atoms with Gasteiger partial charge in [-0.05, 0) is 54.8 Å². The van der Waals surface area contributed by atoms with Gasteiger partial charge in [-0.3, -0.25) is 4.79 Å². The van der Waals surface area contributed by atoms with Gasteiger partial charge in [-0.25, -0.2) is 22.3 Å². The van der Waals surface area contributed by atoms with Crippen LogP contribution >= 0.6 is 0 Å². The Kier molecular flexibility index (Phi) is 6.83. The summed E-state index contributed by atoms with van der Waals surface area (Å²) in [7, 11) is -3.03. The normalized spacial score (nSPS) is 12.5. The standard InChI is InChI=1S/C22H24FN3O5S.3H2/c1-14(2)13-20(26-12-11-17-18(23)5-4-6-19(17)26)21(27)24-15-7-9-16(10-8-15)32(29,30)25-22(28)31-3;;;/h4-12,14,20H,13H2,1-3H3,(H,24,27)(H,25,28);3*1H/t20-;;;/m0.../s1.